The summed E-state index contributed by atoms with van der Waals surface area (Å²) >= 11 is 0. The average molecular weight is 425 g/mol. The molecule has 0 radical (unpaired) electrons. The van der Waals surface area contributed by atoms with E-state index in [1.54, 1.807) is 17.0 Å². The number of halogens is 1. The molecule has 1 aliphatic rings. The van der Waals surface area contributed by atoms with Crippen molar-refractivity contribution in [3.63, 3.8) is 0 Å². The van der Waals surface area contributed by atoms with Crippen molar-refractivity contribution in [2.45, 2.75) is 58.9 Å². The minimum atomic E-state index is -0.431. The summed E-state index contributed by atoms with van der Waals surface area (Å²) in [6.07, 6.45) is 5.14. The second-order valence-electron chi connectivity index (χ2n) is 8.29. The quantitative estimate of drug-likeness (QED) is 0.582. The normalized spacial score (nSPS) is 13.0. The van der Waals surface area contributed by atoms with Crippen LogP contribution < -0.4 is 5.56 Å². The topological polar surface area (TPSA) is 59.6 Å². The molecular weight excluding hydrogens is 395 g/mol. The third kappa shape index (κ3) is 3.77. The Morgan fingerprint density at radius 2 is 2.03 bits per heavy atom. The highest BCUT2D eigenvalue weighted by Crippen LogP contribution is 2.25. The number of aryl methyl sites for hydroxylation is 2. The Balaban J connectivity index is 1.80. The van der Waals surface area contributed by atoms with Crippen molar-refractivity contribution >= 4 is 11.6 Å². The lowest BCUT2D eigenvalue weighted by molar-refractivity contribution is 0.0740. The van der Waals surface area contributed by atoms with Crippen molar-refractivity contribution in [3.8, 4) is 0 Å². The lowest BCUT2D eigenvalue weighted by Gasteiger charge is -2.22. The number of carbonyl (C=O) groups is 1. The fourth-order valence-corrected chi connectivity index (χ4v) is 4.70. The average Bonchev–Trinajstić information content (AvgIpc) is 3.38. The zero-order valence-electron chi connectivity index (χ0n) is 18.4. The summed E-state index contributed by atoms with van der Waals surface area (Å²) in [4.78, 5) is 27.9. The zero-order chi connectivity index (χ0) is 22.1. The number of fused-ring (bicyclic) bond motifs is 2. The van der Waals surface area contributed by atoms with Crippen LogP contribution in [0.3, 0.4) is 0 Å². The van der Waals surface area contributed by atoms with Gasteiger partial charge in [0.25, 0.3) is 11.5 Å². The number of rotatable bonds is 7. The molecule has 2 heterocycles. The van der Waals surface area contributed by atoms with Gasteiger partial charge in [0, 0.05) is 36.0 Å². The SMILES string of the molecule is CCCc1c(CN(CCC)C(=O)c2cccc(F)c2)nn2c(=O)c3c(n(C)c12)CCC3. The maximum absolute atomic E-state index is 13.7. The molecule has 0 bridgehead atoms. The molecule has 7 heteroatoms. The molecule has 2 aromatic heterocycles. The highest BCUT2D eigenvalue weighted by atomic mass is 19.1. The second-order valence-corrected chi connectivity index (χ2v) is 8.29. The van der Waals surface area contributed by atoms with Gasteiger partial charge >= 0.3 is 0 Å². The number of benzene rings is 1. The van der Waals surface area contributed by atoms with Gasteiger partial charge < -0.3 is 9.47 Å². The first-order chi connectivity index (χ1) is 15.0. The van der Waals surface area contributed by atoms with Crippen LogP contribution in [0.25, 0.3) is 5.65 Å². The molecule has 0 atom stereocenters. The first-order valence-corrected chi connectivity index (χ1v) is 11.1. The summed E-state index contributed by atoms with van der Waals surface area (Å²) in [7, 11) is 2.01. The summed E-state index contributed by atoms with van der Waals surface area (Å²) in [5.74, 6) is -0.658. The van der Waals surface area contributed by atoms with Gasteiger partial charge in [0.2, 0.25) is 0 Å². The Hall–Kier alpha value is -2.96. The Labute approximate surface area is 181 Å². The molecule has 0 aliphatic heterocycles. The first kappa shape index (κ1) is 21.3. The van der Waals surface area contributed by atoms with Crippen LogP contribution in [0.5, 0.6) is 0 Å². The number of nitrogens with zero attached hydrogens (tertiary/aromatic N) is 4. The van der Waals surface area contributed by atoms with Crippen molar-refractivity contribution < 1.29 is 9.18 Å². The van der Waals surface area contributed by atoms with Gasteiger partial charge in [0.15, 0.2) is 0 Å². The van der Waals surface area contributed by atoms with E-state index >= 15 is 0 Å². The Morgan fingerprint density at radius 3 is 2.74 bits per heavy atom. The fraction of sp³-hybridized carbons (Fsp3) is 0.458. The predicted molar refractivity (Wildman–Crippen MR) is 118 cm³/mol. The van der Waals surface area contributed by atoms with Crippen LogP contribution in [0.15, 0.2) is 29.1 Å². The van der Waals surface area contributed by atoms with Crippen molar-refractivity contribution in [1.82, 2.24) is 19.1 Å². The maximum atomic E-state index is 13.7. The maximum Gasteiger partial charge on any atom is 0.277 e. The predicted octanol–water partition coefficient (Wildman–Crippen LogP) is 3.67. The monoisotopic (exact) mass is 424 g/mol. The van der Waals surface area contributed by atoms with E-state index in [0.717, 1.165) is 66.7 Å². The van der Waals surface area contributed by atoms with Crippen LogP contribution in [0, 0.1) is 5.82 Å². The van der Waals surface area contributed by atoms with Crippen LogP contribution in [-0.4, -0.2) is 31.5 Å². The van der Waals surface area contributed by atoms with E-state index in [1.165, 1.54) is 16.6 Å². The van der Waals surface area contributed by atoms with Gasteiger partial charge in [-0.25, -0.2) is 4.39 Å². The molecular formula is C24H29FN4O2. The number of hydrogen-bond acceptors (Lipinski definition) is 3. The second kappa shape index (κ2) is 8.65. The third-order valence-electron chi connectivity index (χ3n) is 6.09. The Morgan fingerprint density at radius 1 is 1.23 bits per heavy atom. The molecule has 0 spiro atoms. The molecule has 6 nitrogen and oxygen atoms in total. The van der Waals surface area contributed by atoms with Crippen molar-refractivity contribution in [2.24, 2.45) is 7.05 Å². The molecule has 1 amide bonds. The van der Waals surface area contributed by atoms with E-state index < -0.39 is 5.82 Å². The smallest absolute Gasteiger partial charge is 0.277 e. The highest BCUT2D eigenvalue weighted by Gasteiger charge is 2.26. The van der Waals surface area contributed by atoms with E-state index in [1.807, 2.05) is 14.0 Å². The number of aromatic nitrogens is 3. The molecule has 1 aromatic carbocycles. The summed E-state index contributed by atoms with van der Waals surface area (Å²) < 4.78 is 17.3. The summed E-state index contributed by atoms with van der Waals surface area (Å²) in [5, 5.41) is 4.70. The third-order valence-corrected chi connectivity index (χ3v) is 6.09. The minimum absolute atomic E-state index is 0.0392. The Kier molecular flexibility index (Phi) is 5.94. The van der Waals surface area contributed by atoms with Crippen LogP contribution in [0.1, 0.15) is 66.0 Å². The van der Waals surface area contributed by atoms with Gasteiger partial charge in [0.05, 0.1) is 12.2 Å². The number of amides is 1. The largest absolute Gasteiger partial charge is 0.333 e. The zero-order valence-corrected chi connectivity index (χ0v) is 18.4. The van der Waals surface area contributed by atoms with Crippen LogP contribution in [-0.2, 0) is 32.9 Å². The number of carbonyl (C=O) groups excluding carboxylic acids is 1. The molecule has 0 N–H and O–H groups in total. The summed E-state index contributed by atoms with van der Waals surface area (Å²) in [6.45, 7) is 4.93. The van der Waals surface area contributed by atoms with Crippen molar-refractivity contribution in [2.75, 3.05) is 6.54 Å². The molecule has 0 saturated heterocycles. The van der Waals surface area contributed by atoms with Gasteiger partial charge in [-0.2, -0.15) is 9.61 Å². The van der Waals surface area contributed by atoms with Crippen LogP contribution in [0.4, 0.5) is 4.39 Å². The molecule has 1 aliphatic carbocycles. The van der Waals surface area contributed by atoms with Gasteiger partial charge in [-0.15, -0.1) is 0 Å². The molecule has 0 saturated carbocycles. The highest BCUT2D eigenvalue weighted by molar-refractivity contribution is 5.94. The van der Waals surface area contributed by atoms with E-state index in [2.05, 4.69) is 11.5 Å². The van der Waals surface area contributed by atoms with Gasteiger partial charge in [-0.1, -0.05) is 26.3 Å². The van der Waals surface area contributed by atoms with Gasteiger partial charge in [0.1, 0.15) is 11.5 Å². The minimum Gasteiger partial charge on any atom is -0.333 e. The van der Waals surface area contributed by atoms with Crippen molar-refractivity contribution in [1.29, 1.82) is 0 Å². The van der Waals surface area contributed by atoms with Crippen LogP contribution in [0.2, 0.25) is 0 Å². The lowest BCUT2D eigenvalue weighted by Crippen LogP contribution is -2.32. The van der Waals surface area contributed by atoms with E-state index in [4.69, 9.17) is 5.10 Å². The molecule has 0 fully saturated rings. The summed E-state index contributed by atoms with van der Waals surface area (Å²) in [6, 6.07) is 5.77. The fourth-order valence-electron chi connectivity index (χ4n) is 4.70. The van der Waals surface area contributed by atoms with Gasteiger partial charge in [-0.3, -0.25) is 9.59 Å². The molecule has 3 aromatic rings. The van der Waals surface area contributed by atoms with E-state index in [0.29, 0.717) is 18.7 Å². The van der Waals surface area contributed by atoms with Gasteiger partial charge in [-0.05, 0) is 50.3 Å². The Bertz CT molecular complexity index is 1190. The number of hydrogen-bond donors (Lipinski definition) is 0. The molecule has 31 heavy (non-hydrogen) atoms. The first-order valence-electron chi connectivity index (χ1n) is 11.1. The molecule has 4 rings (SSSR count). The standard InChI is InChI=1S/C24H29FN4O2/c1-4-8-18-20(15-28(13-5-2)23(30)16-9-6-10-17(25)14-16)26-29-22(18)27(3)21-12-7-11-19(21)24(29)31/h6,9-10,14H,4-5,7-8,11-13,15H2,1-3H3. The molecule has 0 unspecified atom stereocenters. The summed E-state index contributed by atoms with van der Waals surface area (Å²) in [5.41, 5.74) is 4.83. The molecule has 164 valence electrons. The van der Waals surface area contributed by atoms with Crippen molar-refractivity contribution in [3.05, 3.63) is 68.5 Å². The lowest BCUT2D eigenvalue weighted by atomic mass is 10.1. The van der Waals surface area contributed by atoms with Crippen LogP contribution >= 0.6 is 0 Å². The van der Waals surface area contributed by atoms with E-state index in [9.17, 15) is 14.0 Å². The van der Waals surface area contributed by atoms with E-state index in [-0.39, 0.29) is 11.5 Å².